The maximum absolute atomic E-state index is 5.89. The normalized spacial score (nSPS) is 15.2. The summed E-state index contributed by atoms with van der Waals surface area (Å²) in [6, 6.07) is 8.29. The molecule has 2 N–H and O–H groups in total. The van der Waals surface area contributed by atoms with Crippen molar-refractivity contribution in [2.24, 2.45) is 0 Å². The third-order valence-electron chi connectivity index (χ3n) is 3.87. The Morgan fingerprint density at radius 2 is 1.90 bits per heavy atom. The van der Waals surface area contributed by atoms with E-state index in [0.29, 0.717) is 17.7 Å². The molecule has 0 unspecified atom stereocenters. The molecule has 0 amide bonds. The van der Waals surface area contributed by atoms with Gasteiger partial charge in [0.05, 0.1) is 0 Å². The Labute approximate surface area is 125 Å². The number of anilines is 2. The van der Waals surface area contributed by atoms with Crippen LogP contribution in [-0.4, -0.2) is 28.0 Å². The predicted molar refractivity (Wildman–Crippen MR) is 85.1 cm³/mol. The lowest BCUT2D eigenvalue weighted by molar-refractivity contribution is 0.568. The highest BCUT2D eigenvalue weighted by molar-refractivity contribution is 5.59. The summed E-state index contributed by atoms with van der Waals surface area (Å²) < 4.78 is 0. The van der Waals surface area contributed by atoms with Gasteiger partial charge in [-0.1, -0.05) is 25.1 Å². The van der Waals surface area contributed by atoms with Crippen molar-refractivity contribution in [1.82, 2.24) is 15.0 Å². The summed E-state index contributed by atoms with van der Waals surface area (Å²) in [5.74, 6) is 1.67. The van der Waals surface area contributed by atoms with Gasteiger partial charge in [0.25, 0.3) is 0 Å². The van der Waals surface area contributed by atoms with Gasteiger partial charge in [0.2, 0.25) is 11.9 Å². The van der Waals surface area contributed by atoms with Gasteiger partial charge >= 0.3 is 0 Å². The first-order valence-corrected chi connectivity index (χ1v) is 7.62. The second-order valence-electron chi connectivity index (χ2n) is 5.42. The standard InChI is InChI=1S/C16H21N5/c1-2-12-7-6-8-13(11-12)14-18-15(17)20-16(19-14)21-9-4-3-5-10-21/h6-8,11H,2-5,9-10H2,1H3,(H2,17,18,19,20). The van der Waals surface area contributed by atoms with Crippen LogP contribution in [0.15, 0.2) is 24.3 Å². The Balaban J connectivity index is 1.96. The van der Waals surface area contributed by atoms with Gasteiger partial charge in [0.1, 0.15) is 0 Å². The van der Waals surface area contributed by atoms with Gasteiger partial charge in [-0.05, 0) is 37.3 Å². The molecule has 1 aromatic carbocycles. The van der Waals surface area contributed by atoms with Gasteiger partial charge in [-0.25, -0.2) is 0 Å². The van der Waals surface area contributed by atoms with Crippen LogP contribution in [-0.2, 0) is 6.42 Å². The van der Waals surface area contributed by atoms with Gasteiger partial charge in [-0.2, -0.15) is 15.0 Å². The lowest BCUT2D eigenvalue weighted by Gasteiger charge is -2.26. The molecule has 110 valence electrons. The fraction of sp³-hybridized carbons (Fsp3) is 0.438. The molecule has 1 aliphatic rings. The first kappa shape index (κ1) is 13.8. The lowest BCUT2D eigenvalue weighted by atomic mass is 10.1. The van der Waals surface area contributed by atoms with Crippen LogP contribution in [0.3, 0.4) is 0 Å². The van der Waals surface area contributed by atoms with Crippen molar-refractivity contribution in [3.63, 3.8) is 0 Å². The lowest BCUT2D eigenvalue weighted by Crippen LogP contribution is -2.31. The summed E-state index contributed by atoms with van der Waals surface area (Å²) in [4.78, 5) is 15.4. The fourth-order valence-electron chi connectivity index (χ4n) is 2.68. The number of aryl methyl sites for hydroxylation is 1. The van der Waals surface area contributed by atoms with Crippen LogP contribution < -0.4 is 10.6 Å². The summed E-state index contributed by atoms with van der Waals surface area (Å²) in [7, 11) is 0. The highest BCUT2D eigenvalue weighted by Crippen LogP contribution is 2.22. The van der Waals surface area contributed by atoms with Gasteiger partial charge in [0, 0.05) is 18.7 Å². The molecule has 2 heterocycles. The molecule has 0 aliphatic carbocycles. The van der Waals surface area contributed by atoms with Crippen LogP contribution in [0, 0.1) is 0 Å². The van der Waals surface area contributed by atoms with E-state index in [2.05, 4.69) is 38.9 Å². The molecule has 0 saturated carbocycles. The van der Waals surface area contributed by atoms with Gasteiger partial charge in [-0.15, -0.1) is 0 Å². The fourth-order valence-corrected chi connectivity index (χ4v) is 2.68. The van der Waals surface area contributed by atoms with Crippen LogP contribution in [0.25, 0.3) is 11.4 Å². The molecule has 1 saturated heterocycles. The van der Waals surface area contributed by atoms with Crippen molar-refractivity contribution in [3.05, 3.63) is 29.8 Å². The van der Waals surface area contributed by atoms with Crippen LogP contribution >= 0.6 is 0 Å². The van der Waals surface area contributed by atoms with E-state index in [9.17, 15) is 0 Å². The summed E-state index contributed by atoms with van der Waals surface area (Å²) in [5, 5.41) is 0. The first-order valence-electron chi connectivity index (χ1n) is 7.62. The molecule has 0 bridgehead atoms. The Hall–Kier alpha value is -2.17. The second kappa shape index (κ2) is 6.08. The Morgan fingerprint density at radius 3 is 2.67 bits per heavy atom. The number of rotatable bonds is 3. The van der Waals surface area contributed by atoms with Crippen molar-refractivity contribution in [3.8, 4) is 11.4 Å². The SMILES string of the molecule is CCc1cccc(-c2nc(N)nc(N3CCCCC3)n2)c1. The Morgan fingerprint density at radius 1 is 1.10 bits per heavy atom. The third-order valence-corrected chi connectivity index (χ3v) is 3.87. The molecule has 5 nitrogen and oxygen atoms in total. The minimum Gasteiger partial charge on any atom is -0.368 e. The van der Waals surface area contributed by atoms with Crippen LogP contribution in [0.4, 0.5) is 11.9 Å². The summed E-state index contributed by atoms with van der Waals surface area (Å²) in [5.41, 5.74) is 8.16. The van der Waals surface area contributed by atoms with E-state index in [1.54, 1.807) is 0 Å². The largest absolute Gasteiger partial charge is 0.368 e. The van der Waals surface area contributed by atoms with Crippen molar-refractivity contribution in [1.29, 1.82) is 0 Å². The van der Waals surface area contributed by atoms with Crippen molar-refractivity contribution < 1.29 is 0 Å². The Bertz CT molecular complexity index is 620. The van der Waals surface area contributed by atoms with Crippen molar-refractivity contribution >= 4 is 11.9 Å². The molecule has 21 heavy (non-hydrogen) atoms. The topological polar surface area (TPSA) is 67.9 Å². The molecular weight excluding hydrogens is 262 g/mol. The molecule has 2 aromatic rings. The quantitative estimate of drug-likeness (QED) is 0.938. The van der Waals surface area contributed by atoms with E-state index in [0.717, 1.165) is 25.1 Å². The second-order valence-corrected chi connectivity index (χ2v) is 5.42. The Kier molecular flexibility index (Phi) is 3.99. The average molecular weight is 283 g/mol. The molecule has 1 aliphatic heterocycles. The number of nitrogen functional groups attached to an aromatic ring is 1. The molecular formula is C16H21N5. The molecule has 0 atom stereocenters. The highest BCUT2D eigenvalue weighted by atomic mass is 15.3. The van der Waals surface area contributed by atoms with E-state index in [1.807, 2.05) is 12.1 Å². The number of hydrogen-bond acceptors (Lipinski definition) is 5. The monoisotopic (exact) mass is 283 g/mol. The van der Waals surface area contributed by atoms with E-state index in [1.165, 1.54) is 24.8 Å². The zero-order valence-corrected chi connectivity index (χ0v) is 12.4. The maximum atomic E-state index is 5.89. The highest BCUT2D eigenvalue weighted by Gasteiger charge is 2.16. The maximum Gasteiger partial charge on any atom is 0.230 e. The summed E-state index contributed by atoms with van der Waals surface area (Å²) >= 11 is 0. The zero-order chi connectivity index (χ0) is 14.7. The number of nitrogens with two attached hydrogens (primary N) is 1. The first-order chi connectivity index (χ1) is 10.3. The summed E-state index contributed by atoms with van der Waals surface area (Å²) in [6.45, 7) is 4.13. The predicted octanol–water partition coefficient (Wildman–Crippen LogP) is 2.67. The van der Waals surface area contributed by atoms with E-state index in [4.69, 9.17) is 5.73 Å². The zero-order valence-electron chi connectivity index (χ0n) is 12.4. The molecule has 0 radical (unpaired) electrons. The minimum atomic E-state index is 0.294. The van der Waals surface area contributed by atoms with Crippen LogP contribution in [0.5, 0.6) is 0 Å². The third kappa shape index (κ3) is 3.12. The number of piperidine rings is 1. The molecule has 0 spiro atoms. The number of aromatic nitrogens is 3. The minimum absolute atomic E-state index is 0.294. The molecule has 1 fully saturated rings. The smallest absolute Gasteiger partial charge is 0.230 e. The van der Waals surface area contributed by atoms with E-state index in [-0.39, 0.29) is 0 Å². The van der Waals surface area contributed by atoms with Crippen LogP contribution in [0.1, 0.15) is 31.7 Å². The molecule has 5 heteroatoms. The van der Waals surface area contributed by atoms with E-state index >= 15 is 0 Å². The van der Waals surface area contributed by atoms with Crippen LogP contribution in [0.2, 0.25) is 0 Å². The number of benzene rings is 1. The van der Waals surface area contributed by atoms with E-state index < -0.39 is 0 Å². The van der Waals surface area contributed by atoms with Crippen molar-refractivity contribution in [2.75, 3.05) is 23.7 Å². The summed E-state index contributed by atoms with van der Waals surface area (Å²) in [6.07, 6.45) is 4.65. The molecule has 1 aromatic heterocycles. The number of hydrogen-bond donors (Lipinski definition) is 1. The number of nitrogens with zero attached hydrogens (tertiary/aromatic N) is 4. The van der Waals surface area contributed by atoms with Gasteiger partial charge in [-0.3, -0.25) is 0 Å². The molecule has 3 rings (SSSR count). The van der Waals surface area contributed by atoms with Crippen molar-refractivity contribution in [2.45, 2.75) is 32.6 Å². The van der Waals surface area contributed by atoms with Gasteiger partial charge < -0.3 is 10.6 Å². The van der Waals surface area contributed by atoms with Gasteiger partial charge in [0.15, 0.2) is 5.82 Å². The average Bonchev–Trinajstić information content (AvgIpc) is 2.55.